The second kappa shape index (κ2) is 9.35. The number of methoxy groups -OCH3 is 1. The molecule has 0 fully saturated rings. The molecule has 2 rings (SSSR count). The predicted octanol–water partition coefficient (Wildman–Crippen LogP) is 2.36. The third-order valence-electron chi connectivity index (χ3n) is 3.81. The maximum Gasteiger partial charge on any atom is 0.251 e. The molecule has 0 aromatic heterocycles. The Labute approximate surface area is 154 Å². The Bertz CT molecular complexity index is 833. The van der Waals surface area contributed by atoms with Crippen molar-refractivity contribution in [3.8, 4) is 5.75 Å². The van der Waals surface area contributed by atoms with E-state index in [1.54, 1.807) is 19.2 Å². The minimum atomic E-state index is -3.59. The lowest BCUT2D eigenvalue weighted by Crippen LogP contribution is -2.27. The second-order valence-corrected chi connectivity index (χ2v) is 7.55. The Morgan fingerprint density at radius 1 is 1.08 bits per heavy atom. The molecule has 0 radical (unpaired) electrons. The molecule has 26 heavy (non-hydrogen) atoms. The first-order valence-electron chi connectivity index (χ1n) is 8.47. The zero-order chi connectivity index (χ0) is 19.0. The number of sulfonamides is 1. The van der Waals surface area contributed by atoms with Crippen LogP contribution in [0.2, 0.25) is 0 Å². The molecule has 7 heteroatoms. The molecule has 6 nitrogen and oxygen atoms in total. The summed E-state index contributed by atoms with van der Waals surface area (Å²) < 4.78 is 31.9. The first-order valence-corrected chi connectivity index (χ1v) is 9.95. The molecule has 0 saturated carbocycles. The van der Waals surface area contributed by atoms with E-state index >= 15 is 0 Å². The van der Waals surface area contributed by atoms with Crippen LogP contribution in [0.4, 0.5) is 0 Å². The van der Waals surface area contributed by atoms with Crippen LogP contribution >= 0.6 is 0 Å². The molecule has 0 saturated heterocycles. The highest BCUT2D eigenvalue weighted by Crippen LogP contribution is 2.13. The number of hydrogen-bond acceptors (Lipinski definition) is 4. The summed E-state index contributed by atoms with van der Waals surface area (Å²) >= 11 is 0. The highest BCUT2D eigenvalue weighted by molar-refractivity contribution is 7.89. The van der Waals surface area contributed by atoms with E-state index in [1.807, 2.05) is 31.2 Å². The van der Waals surface area contributed by atoms with E-state index in [0.29, 0.717) is 31.5 Å². The molecule has 0 aliphatic carbocycles. The summed E-state index contributed by atoms with van der Waals surface area (Å²) in [5, 5.41) is 2.81. The van der Waals surface area contributed by atoms with Gasteiger partial charge in [0, 0.05) is 18.7 Å². The third-order valence-corrected chi connectivity index (χ3v) is 5.27. The zero-order valence-corrected chi connectivity index (χ0v) is 15.8. The fourth-order valence-electron chi connectivity index (χ4n) is 2.34. The summed E-state index contributed by atoms with van der Waals surface area (Å²) in [6, 6.07) is 13.7. The van der Waals surface area contributed by atoms with E-state index in [4.69, 9.17) is 4.74 Å². The van der Waals surface area contributed by atoms with Crippen LogP contribution in [0.5, 0.6) is 5.75 Å². The summed E-state index contributed by atoms with van der Waals surface area (Å²) in [6.45, 7) is 2.70. The Morgan fingerprint density at radius 2 is 1.81 bits per heavy atom. The monoisotopic (exact) mass is 376 g/mol. The van der Waals surface area contributed by atoms with Crippen molar-refractivity contribution < 1.29 is 17.9 Å². The van der Waals surface area contributed by atoms with Crippen LogP contribution in [-0.4, -0.2) is 34.5 Å². The highest BCUT2D eigenvalue weighted by Gasteiger charge is 2.15. The summed E-state index contributed by atoms with van der Waals surface area (Å²) in [5.74, 6) is 0.485. The molecule has 0 aliphatic heterocycles. The number of rotatable bonds is 9. The van der Waals surface area contributed by atoms with Gasteiger partial charge in [-0.15, -0.1) is 0 Å². The van der Waals surface area contributed by atoms with Crippen molar-refractivity contribution in [2.75, 3.05) is 20.2 Å². The van der Waals surface area contributed by atoms with Crippen molar-refractivity contribution in [3.05, 3.63) is 59.7 Å². The van der Waals surface area contributed by atoms with Crippen LogP contribution < -0.4 is 14.8 Å². The van der Waals surface area contributed by atoms with Gasteiger partial charge in [-0.2, -0.15) is 0 Å². The van der Waals surface area contributed by atoms with Gasteiger partial charge in [0.2, 0.25) is 10.0 Å². The van der Waals surface area contributed by atoms with Gasteiger partial charge < -0.3 is 10.1 Å². The molecule has 0 unspecified atom stereocenters. The fourth-order valence-corrected chi connectivity index (χ4v) is 3.52. The van der Waals surface area contributed by atoms with Gasteiger partial charge >= 0.3 is 0 Å². The van der Waals surface area contributed by atoms with Crippen molar-refractivity contribution in [3.63, 3.8) is 0 Å². The van der Waals surface area contributed by atoms with Crippen molar-refractivity contribution in [1.29, 1.82) is 0 Å². The van der Waals surface area contributed by atoms with Crippen LogP contribution in [-0.2, 0) is 16.4 Å². The van der Waals surface area contributed by atoms with Crippen LogP contribution in [0, 0.1) is 0 Å². The standard InChI is InChI=1S/C19H24N2O4S/c1-3-12-21-26(23,24)18-6-4-5-16(14-18)19(22)20-13-11-15-7-9-17(25-2)10-8-15/h4-10,14,21H,3,11-13H2,1-2H3,(H,20,22). The average Bonchev–Trinajstić information content (AvgIpc) is 2.67. The summed E-state index contributed by atoms with van der Waals surface area (Å²) in [4.78, 5) is 12.4. The average molecular weight is 376 g/mol. The van der Waals surface area contributed by atoms with Crippen molar-refractivity contribution in [2.45, 2.75) is 24.7 Å². The second-order valence-electron chi connectivity index (χ2n) is 5.78. The molecule has 0 bridgehead atoms. The van der Waals surface area contributed by atoms with Crippen molar-refractivity contribution in [2.24, 2.45) is 0 Å². The smallest absolute Gasteiger partial charge is 0.251 e. The van der Waals surface area contributed by atoms with Gasteiger partial charge in [0.1, 0.15) is 5.75 Å². The number of amides is 1. The van der Waals surface area contributed by atoms with E-state index in [1.165, 1.54) is 12.1 Å². The van der Waals surface area contributed by atoms with Gasteiger partial charge in [0.15, 0.2) is 0 Å². The minimum Gasteiger partial charge on any atom is -0.497 e. The SMILES string of the molecule is CCCNS(=O)(=O)c1cccc(C(=O)NCCc2ccc(OC)cc2)c1. The lowest BCUT2D eigenvalue weighted by Gasteiger charge is -2.09. The summed E-state index contributed by atoms with van der Waals surface area (Å²) in [7, 11) is -1.98. The number of carbonyl (C=O) groups excluding carboxylic acids is 1. The number of carbonyl (C=O) groups is 1. The molecular weight excluding hydrogens is 352 g/mol. The number of nitrogens with one attached hydrogen (secondary N) is 2. The largest absolute Gasteiger partial charge is 0.497 e. The number of hydrogen-bond donors (Lipinski definition) is 2. The molecule has 0 aliphatic rings. The van der Waals surface area contributed by atoms with E-state index in [0.717, 1.165) is 11.3 Å². The predicted molar refractivity (Wildman–Crippen MR) is 101 cm³/mol. The molecule has 2 aromatic carbocycles. The Kier molecular flexibility index (Phi) is 7.17. The van der Waals surface area contributed by atoms with Gasteiger partial charge in [0.05, 0.1) is 12.0 Å². The van der Waals surface area contributed by atoms with Gasteiger partial charge in [-0.05, 0) is 48.7 Å². The number of ether oxygens (including phenoxy) is 1. The van der Waals surface area contributed by atoms with Crippen molar-refractivity contribution in [1.82, 2.24) is 10.0 Å². The number of benzene rings is 2. The zero-order valence-electron chi connectivity index (χ0n) is 15.0. The lowest BCUT2D eigenvalue weighted by molar-refractivity contribution is 0.0954. The molecule has 2 aromatic rings. The van der Waals surface area contributed by atoms with E-state index in [2.05, 4.69) is 10.0 Å². The molecule has 0 heterocycles. The molecule has 1 amide bonds. The van der Waals surface area contributed by atoms with Gasteiger partial charge in [-0.3, -0.25) is 4.79 Å². The quantitative estimate of drug-likeness (QED) is 0.704. The van der Waals surface area contributed by atoms with E-state index in [-0.39, 0.29) is 10.8 Å². The third kappa shape index (κ3) is 5.57. The van der Waals surface area contributed by atoms with Gasteiger partial charge in [0.25, 0.3) is 5.91 Å². The molecule has 0 spiro atoms. The first-order chi connectivity index (χ1) is 12.5. The topological polar surface area (TPSA) is 84.5 Å². The molecule has 0 atom stereocenters. The fraction of sp³-hybridized carbons (Fsp3) is 0.316. The minimum absolute atomic E-state index is 0.0914. The maximum absolute atomic E-state index is 12.3. The van der Waals surface area contributed by atoms with Gasteiger partial charge in [-0.25, -0.2) is 13.1 Å². The Morgan fingerprint density at radius 3 is 2.46 bits per heavy atom. The van der Waals surface area contributed by atoms with E-state index < -0.39 is 10.0 Å². The molecule has 140 valence electrons. The molecular formula is C19H24N2O4S. The van der Waals surface area contributed by atoms with Crippen LogP contribution in [0.3, 0.4) is 0 Å². The summed E-state index contributed by atoms with van der Waals surface area (Å²) in [5.41, 5.74) is 1.39. The maximum atomic E-state index is 12.3. The van der Waals surface area contributed by atoms with Crippen molar-refractivity contribution >= 4 is 15.9 Å². The Hall–Kier alpha value is -2.38. The van der Waals surface area contributed by atoms with Crippen LogP contribution in [0.15, 0.2) is 53.4 Å². The lowest BCUT2D eigenvalue weighted by atomic mass is 10.1. The summed E-state index contributed by atoms with van der Waals surface area (Å²) in [6.07, 6.45) is 1.37. The van der Waals surface area contributed by atoms with Crippen LogP contribution in [0.25, 0.3) is 0 Å². The van der Waals surface area contributed by atoms with Gasteiger partial charge in [-0.1, -0.05) is 25.1 Å². The normalized spacial score (nSPS) is 11.2. The molecule has 2 N–H and O–H groups in total. The van der Waals surface area contributed by atoms with Crippen LogP contribution in [0.1, 0.15) is 29.3 Å². The highest BCUT2D eigenvalue weighted by atomic mass is 32.2. The van der Waals surface area contributed by atoms with E-state index in [9.17, 15) is 13.2 Å². The first kappa shape index (κ1) is 19.9. The Balaban J connectivity index is 1.95.